The molecule has 0 heterocycles. The summed E-state index contributed by atoms with van der Waals surface area (Å²) in [6.45, 7) is 4.38. The van der Waals surface area contributed by atoms with Crippen LogP contribution in [0.1, 0.15) is 78.1 Å². The Bertz CT molecular complexity index is 166. The molecule has 2 nitrogen and oxygen atoms in total. The summed E-state index contributed by atoms with van der Waals surface area (Å²) in [4.78, 5) is 10.7. The van der Waals surface area contributed by atoms with Gasteiger partial charge in [-0.3, -0.25) is 4.79 Å². The fourth-order valence-electron chi connectivity index (χ4n) is 2.12. The summed E-state index contributed by atoms with van der Waals surface area (Å²) < 4.78 is 0. The Kier molecular flexibility index (Phi) is 10.6. The van der Waals surface area contributed by atoms with Crippen LogP contribution in [-0.2, 0) is 4.79 Å². The van der Waals surface area contributed by atoms with Crippen molar-refractivity contribution in [3.05, 3.63) is 0 Å². The topological polar surface area (TPSA) is 37.3 Å². The third-order valence-electron chi connectivity index (χ3n) is 3.15. The highest BCUT2D eigenvalue weighted by atomic mass is 16.4. The van der Waals surface area contributed by atoms with Crippen LogP contribution in [0.5, 0.6) is 0 Å². The van der Waals surface area contributed by atoms with Gasteiger partial charge in [0.15, 0.2) is 0 Å². The largest absolute Gasteiger partial charge is 0.481 e. The maximum atomic E-state index is 10.7. The van der Waals surface area contributed by atoms with Crippen LogP contribution >= 0.6 is 0 Å². The van der Waals surface area contributed by atoms with E-state index in [9.17, 15) is 4.79 Å². The average molecular weight is 228 g/mol. The third-order valence-corrected chi connectivity index (χ3v) is 3.15. The number of hydrogen-bond acceptors (Lipinski definition) is 1. The smallest absolute Gasteiger partial charge is 0.303 e. The molecule has 0 aliphatic carbocycles. The predicted octanol–water partition coefficient (Wildman–Crippen LogP) is 4.63. The lowest BCUT2D eigenvalue weighted by atomic mass is 9.92. The molecule has 0 aliphatic heterocycles. The second-order valence-electron chi connectivity index (χ2n) is 4.81. The van der Waals surface area contributed by atoms with Crippen molar-refractivity contribution in [2.24, 2.45) is 5.92 Å². The normalized spacial score (nSPS) is 12.6. The lowest BCUT2D eigenvalue weighted by Gasteiger charge is -2.13. The minimum atomic E-state index is -0.630. The molecular formula is C14H28O2. The monoisotopic (exact) mass is 228 g/mol. The quantitative estimate of drug-likeness (QED) is 0.523. The number of aliphatic carboxylic acids is 1. The lowest BCUT2D eigenvalue weighted by molar-refractivity contribution is -0.138. The zero-order chi connectivity index (χ0) is 12.2. The molecule has 0 amide bonds. The van der Waals surface area contributed by atoms with E-state index < -0.39 is 5.97 Å². The first-order valence-electron chi connectivity index (χ1n) is 6.92. The van der Waals surface area contributed by atoms with Gasteiger partial charge in [-0.05, 0) is 18.8 Å². The molecule has 1 unspecified atom stereocenters. The van der Waals surface area contributed by atoms with Crippen molar-refractivity contribution in [3.8, 4) is 0 Å². The maximum Gasteiger partial charge on any atom is 0.303 e. The van der Waals surface area contributed by atoms with Crippen LogP contribution in [0.15, 0.2) is 0 Å². The van der Waals surface area contributed by atoms with Gasteiger partial charge in [-0.1, -0.05) is 58.8 Å². The van der Waals surface area contributed by atoms with E-state index >= 15 is 0 Å². The van der Waals surface area contributed by atoms with Crippen LogP contribution in [0.4, 0.5) is 0 Å². The second kappa shape index (κ2) is 11.0. The van der Waals surface area contributed by atoms with Gasteiger partial charge in [0.1, 0.15) is 0 Å². The van der Waals surface area contributed by atoms with Crippen molar-refractivity contribution < 1.29 is 9.90 Å². The summed E-state index contributed by atoms with van der Waals surface area (Å²) >= 11 is 0. The van der Waals surface area contributed by atoms with Gasteiger partial charge in [0.25, 0.3) is 0 Å². The fraction of sp³-hybridized carbons (Fsp3) is 0.929. The van der Waals surface area contributed by atoms with E-state index in [0.29, 0.717) is 12.3 Å². The maximum absolute atomic E-state index is 10.7. The first-order valence-corrected chi connectivity index (χ1v) is 6.92. The standard InChI is InChI=1S/C14H28O2/c1-3-5-7-8-9-11-13(10-6-4-2)12-14(15)16/h13H,3-12H2,1-2H3,(H,15,16). The van der Waals surface area contributed by atoms with Crippen molar-refractivity contribution in [3.63, 3.8) is 0 Å². The molecule has 0 bridgehead atoms. The highest BCUT2D eigenvalue weighted by Gasteiger charge is 2.12. The third kappa shape index (κ3) is 10.0. The minimum absolute atomic E-state index is 0.369. The zero-order valence-electron chi connectivity index (χ0n) is 11.0. The zero-order valence-corrected chi connectivity index (χ0v) is 11.0. The van der Waals surface area contributed by atoms with Crippen molar-refractivity contribution >= 4 is 5.97 Å². The van der Waals surface area contributed by atoms with Gasteiger partial charge in [0.05, 0.1) is 0 Å². The van der Waals surface area contributed by atoms with Crippen LogP contribution in [0.2, 0.25) is 0 Å². The van der Waals surface area contributed by atoms with Crippen LogP contribution < -0.4 is 0 Å². The minimum Gasteiger partial charge on any atom is -0.481 e. The molecule has 96 valence electrons. The van der Waals surface area contributed by atoms with Crippen LogP contribution in [0.25, 0.3) is 0 Å². The first-order chi connectivity index (χ1) is 7.70. The van der Waals surface area contributed by atoms with E-state index in [-0.39, 0.29) is 0 Å². The average Bonchev–Trinajstić information content (AvgIpc) is 2.24. The molecule has 1 atom stereocenters. The molecule has 0 radical (unpaired) electrons. The Morgan fingerprint density at radius 3 is 2.06 bits per heavy atom. The van der Waals surface area contributed by atoms with E-state index in [2.05, 4.69) is 13.8 Å². The van der Waals surface area contributed by atoms with Crippen LogP contribution in [-0.4, -0.2) is 11.1 Å². The Morgan fingerprint density at radius 1 is 0.938 bits per heavy atom. The molecule has 0 aromatic carbocycles. The van der Waals surface area contributed by atoms with Gasteiger partial charge in [0.2, 0.25) is 0 Å². The Labute approximate surface area is 100 Å². The lowest BCUT2D eigenvalue weighted by Crippen LogP contribution is -2.08. The van der Waals surface area contributed by atoms with E-state index in [1.807, 2.05) is 0 Å². The van der Waals surface area contributed by atoms with Gasteiger partial charge in [-0.2, -0.15) is 0 Å². The number of rotatable bonds is 11. The Morgan fingerprint density at radius 2 is 1.50 bits per heavy atom. The Hall–Kier alpha value is -0.530. The highest BCUT2D eigenvalue weighted by Crippen LogP contribution is 2.20. The molecular weight excluding hydrogens is 200 g/mol. The summed E-state index contributed by atoms with van der Waals surface area (Å²) in [5, 5.41) is 8.82. The molecule has 0 rings (SSSR count). The molecule has 2 heteroatoms. The van der Waals surface area contributed by atoms with Gasteiger partial charge in [-0.15, -0.1) is 0 Å². The fourth-order valence-corrected chi connectivity index (χ4v) is 2.12. The predicted molar refractivity (Wildman–Crippen MR) is 68.6 cm³/mol. The molecule has 0 aliphatic rings. The SMILES string of the molecule is CCCCCCCC(CCCC)CC(=O)O. The van der Waals surface area contributed by atoms with Gasteiger partial charge >= 0.3 is 5.97 Å². The molecule has 0 saturated carbocycles. The Balaban J connectivity index is 3.60. The van der Waals surface area contributed by atoms with Crippen molar-refractivity contribution in [1.29, 1.82) is 0 Å². The first kappa shape index (κ1) is 15.5. The summed E-state index contributed by atoms with van der Waals surface area (Å²) in [7, 11) is 0. The summed E-state index contributed by atoms with van der Waals surface area (Å²) in [6.07, 6.45) is 11.3. The molecule has 0 aromatic heterocycles. The molecule has 0 spiro atoms. The molecule has 0 fully saturated rings. The molecule has 0 saturated heterocycles. The van der Waals surface area contributed by atoms with Crippen molar-refractivity contribution in [2.75, 3.05) is 0 Å². The number of carboxylic acids is 1. The molecule has 1 N–H and O–H groups in total. The number of hydrogen-bond donors (Lipinski definition) is 1. The number of carbonyl (C=O) groups is 1. The summed E-state index contributed by atoms with van der Waals surface area (Å²) in [6, 6.07) is 0. The van der Waals surface area contributed by atoms with Crippen LogP contribution in [0, 0.1) is 5.92 Å². The number of carboxylic acid groups (broad SMARTS) is 1. The van der Waals surface area contributed by atoms with Crippen molar-refractivity contribution in [2.45, 2.75) is 78.1 Å². The van der Waals surface area contributed by atoms with E-state index in [1.54, 1.807) is 0 Å². The van der Waals surface area contributed by atoms with Gasteiger partial charge in [0, 0.05) is 6.42 Å². The van der Waals surface area contributed by atoms with E-state index in [1.165, 1.54) is 44.9 Å². The molecule has 0 aromatic rings. The highest BCUT2D eigenvalue weighted by molar-refractivity contribution is 5.66. The van der Waals surface area contributed by atoms with Gasteiger partial charge < -0.3 is 5.11 Å². The number of unbranched alkanes of at least 4 members (excludes halogenated alkanes) is 5. The summed E-state index contributed by atoms with van der Waals surface area (Å²) in [5.41, 5.74) is 0. The van der Waals surface area contributed by atoms with Crippen molar-refractivity contribution in [1.82, 2.24) is 0 Å². The van der Waals surface area contributed by atoms with Gasteiger partial charge in [-0.25, -0.2) is 0 Å². The summed E-state index contributed by atoms with van der Waals surface area (Å²) in [5.74, 6) is -0.214. The van der Waals surface area contributed by atoms with Crippen LogP contribution in [0.3, 0.4) is 0 Å². The van der Waals surface area contributed by atoms with E-state index in [4.69, 9.17) is 5.11 Å². The second-order valence-corrected chi connectivity index (χ2v) is 4.81. The molecule has 16 heavy (non-hydrogen) atoms. The van der Waals surface area contributed by atoms with E-state index in [0.717, 1.165) is 12.8 Å².